The second kappa shape index (κ2) is 5.30. The Balaban J connectivity index is 1.42. The molecule has 0 aromatic heterocycles. The molecule has 2 saturated carbocycles. The van der Waals surface area contributed by atoms with Crippen LogP contribution in [0.4, 0.5) is 0 Å². The third-order valence-electron chi connectivity index (χ3n) is 5.24. The molecule has 0 radical (unpaired) electrons. The van der Waals surface area contributed by atoms with E-state index >= 15 is 0 Å². The first-order valence-electron chi connectivity index (χ1n) is 7.95. The summed E-state index contributed by atoms with van der Waals surface area (Å²) in [7, 11) is 0. The molecule has 1 aromatic carbocycles. The standard InChI is InChI=1S/C17H20N2O3/c1-10(14-7-11-2-3-12(14)6-11)18-19-17(20)13-4-5-15-16(8-13)22-9-21-15/h4-5,8,11-12,14H,2-3,6-7,9H2,1H3,(H,19,20)/b18-10-/t11-,12-,14+/m0/s1. The monoisotopic (exact) mass is 300 g/mol. The van der Waals surface area contributed by atoms with Gasteiger partial charge in [-0.1, -0.05) is 6.42 Å². The summed E-state index contributed by atoms with van der Waals surface area (Å²) in [5.74, 6) is 3.29. The summed E-state index contributed by atoms with van der Waals surface area (Å²) in [5, 5.41) is 4.34. The predicted octanol–water partition coefficient (Wildman–Crippen LogP) is 2.96. The van der Waals surface area contributed by atoms with Crippen LogP contribution in [-0.2, 0) is 0 Å². The smallest absolute Gasteiger partial charge is 0.271 e. The van der Waals surface area contributed by atoms with Crippen LogP contribution in [0, 0.1) is 17.8 Å². The summed E-state index contributed by atoms with van der Waals surface area (Å²) in [6.07, 6.45) is 5.27. The van der Waals surface area contributed by atoms with Crippen molar-refractivity contribution in [3.8, 4) is 11.5 Å². The van der Waals surface area contributed by atoms with Gasteiger partial charge in [0, 0.05) is 17.2 Å². The number of fused-ring (bicyclic) bond motifs is 3. The number of rotatable bonds is 3. The molecule has 22 heavy (non-hydrogen) atoms. The molecule has 3 aliphatic rings. The minimum Gasteiger partial charge on any atom is -0.454 e. The van der Waals surface area contributed by atoms with Gasteiger partial charge in [0.15, 0.2) is 11.5 Å². The molecule has 1 aliphatic heterocycles. The zero-order valence-electron chi connectivity index (χ0n) is 12.7. The van der Waals surface area contributed by atoms with Crippen LogP contribution < -0.4 is 14.9 Å². The van der Waals surface area contributed by atoms with Crippen molar-refractivity contribution in [3.05, 3.63) is 23.8 Å². The molecule has 116 valence electrons. The molecule has 0 saturated heterocycles. The van der Waals surface area contributed by atoms with E-state index in [1.165, 1.54) is 25.7 Å². The van der Waals surface area contributed by atoms with Gasteiger partial charge >= 0.3 is 0 Å². The maximum atomic E-state index is 12.2. The summed E-state index contributed by atoms with van der Waals surface area (Å²) < 4.78 is 10.5. The van der Waals surface area contributed by atoms with Crippen LogP contribution in [0.2, 0.25) is 0 Å². The summed E-state index contributed by atoms with van der Waals surface area (Å²) >= 11 is 0. The van der Waals surface area contributed by atoms with E-state index in [9.17, 15) is 4.79 Å². The second-order valence-corrected chi connectivity index (χ2v) is 6.54. The van der Waals surface area contributed by atoms with Gasteiger partial charge in [-0.2, -0.15) is 5.10 Å². The van der Waals surface area contributed by atoms with Crippen molar-refractivity contribution in [1.29, 1.82) is 0 Å². The zero-order valence-corrected chi connectivity index (χ0v) is 12.7. The van der Waals surface area contributed by atoms with E-state index in [0.29, 0.717) is 23.0 Å². The Bertz CT molecular complexity index is 641. The number of carbonyl (C=O) groups is 1. The highest BCUT2D eigenvalue weighted by Gasteiger charge is 2.40. The van der Waals surface area contributed by atoms with Gasteiger partial charge in [-0.05, 0) is 56.2 Å². The van der Waals surface area contributed by atoms with Gasteiger partial charge in [0.1, 0.15) is 0 Å². The quantitative estimate of drug-likeness (QED) is 0.689. The van der Waals surface area contributed by atoms with Crippen molar-refractivity contribution in [3.63, 3.8) is 0 Å². The first kappa shape index (κ1) is 13.6. The van der Waals surface area contributed by atoms with Gasteiger partial charge in [-0.15, -0.1) is 0 Å². The topological polar surface area (TPSA) is 59.9 Å². The number of hydrazone groups is 1. The average molecular weight is 300 g/mol. The number of benzene rings is 1. The van der Waals surface area contributed by atoms with Gasteiger partial charge in [-0.3, -0.25) is 4.79 Å². The van der Waals surface area contributed by atoms with Crippen LogP contribution in [0.15, 0.2) is 23.3 Å². The van der Waals surface area contributed by atoms with Gasteiger partial charge in [-0.25, -0.2) is 5.43 Å². The lowest BCUT2D eigenvalue weighted by molar-refractivity contribution is 0.0954. The van der Waals surface area contributed by atoms with Crippen LogP contribution in [0.5, 0.6) is 11.5 Å². The number of amides is 1. The number of hydrogen-bond donors (Lipinski definition) is 1. The molecule has 1 heterocycles. The average Bonchev–Trinajstić information content (AvgIpc) is 3.26. The summed E-state index contributed by atoms with van der Waals surface area (Å²) in [4.78, 5) is 12.2. The Kier molecular flexibility index (Phi) is 3.28. The van der Waals surface area contributed by atoms with E-state index in [1.54, 1.807) is 18.2 Å². The Morgan fingerprint density at radius 1 is 1.23 bits per heavy atom. The van der Waals surface area contributed by atoms with Gasteiger partial charge < -0.3 is 9.47 Å². The lowest BCUT2D eigenvalue weighted by Crippen LogP contribution is -2.24. The van der Waals surface area contributed by atoms with E-state index in [2.05, 4.69) is 10.5 Å². The van der Waals surface area contributed by atoms with Crippen LogP contribution >= 0.6 is 0 Å². The van der Waals surface area contributed by atoms with Crippen molar-refractivity contribution in [2.45, 2.75) is 32.6 Å². The molecular weight excluding hydrogens is 280 g/mol. The Morgan fingerprint density at radius 3 is 2.86 bits per heavy atom. The minimum atomic E-state index is -0.208. The molecule has 1 amide bonds. The van der Waals surface area contributed by atoms with E-state index in [-0.39, 0.29) is 12.7 Å². The molecule has 2 bridgehead atoms. The largest absolute Gasteiger partial charge is 0.454 e. The summed E-state index contributed by atoms with van der Waals surface area (Å²) in [6, 6.07) is 5.18. The number of nitrogens with zero attached hydrogens (tertiary/aromatic N) is 1. The Morgan fingerprint density at radius 2 is 2.09 bits per heavy atom. The molecule has 1 N–H and O–H groups in total. The molecule has 5 heteroatoms. The van der Waals surface area contributed by atoms with Crippen molar-refractivity contribution >= 4 is 11.6 Å². The molecule has 5 nitrogen and oxygen atoms in total. The van der Waals surface area contributed by atoms with Crippen molar-refractivity contribution in [1.82, 2.24) is 5.43 Å². The fourth-order valence-corrected chi connectivity index (χ4v) is 4.08. The molecule has 2 aliphatic carbocycles. The van der Waals surface area contributed by atoms with Crippen molar-refractivity contribution in [2.75, 3.05) is 6.79 Å². The van der Waals surface area contributed by atoms with Crippen LogP contribution in [0.25, 0.3) is 0 Å². The molecule has 1 aromatic rings. The van der Waals surface area contributed by atoms with Crippen molar-refractivity contribution < 1.29 is 14.3 Å². The third kappa shape index (κ3) is 2.34. The highest BCUT2D eigenvalue weighted by Crippen LogP contribution is 2.48. The van der Waals surface area contributed by atoms with Gasteiger partial charge in [0.05, 0.1) is 0 Å². The Labute approximate surface area is 129 Å². The third-order valence-corrected chi connectivity index (χ3v) is 5.24. The SMILES string of the molecule is C/C(=N/NC(=O)c1ccc2c(c1)OCO2)[C@H]1C[C@H]2CC[C@H]1C2. The predicted molar refractivity (Wildman–Crippen MR) is 82.1 cm³/mol. The van der Waals surface area contributed by atoms with Crippen LogP contribution in [0.3, 0.4) is 0 Å². The van der Waals surface area contributed by atoms with E-state index in [0.717, 1.165) is 17.5 Å². The zero-order chi connectivity index (χ0) is 15.1. The second-order valence-electron chi connectivity index (χ2n) is 6.54. The minimum absolute atomic E-state index is 0.208. The number of hydrogen-bond acceptors (Lipinski definition) is 4. The van der Waals surface area contributed by atoms with E-state index < -0.39 is 0 Å². The molecule has 4 rings (SSSR count). The fraction of sp³-hybridized carbons (Fsp3) is 0.529. The van der Waals surface area contributed by atoms with Gasteiger partial charge in [0.2, 0.25) is 6.79 Å². The highest BCUT2D eigenvalue weighted by molar-refractivity contribution is 5.96. The molecule has 3 atom stereocenters. The highest BCUT2D eigenvalue weighted by atomic mass is 16.7. The van der Waals surface area contributed by atoms with E-state index in [1.807, 2.05) is 6.92 Å². The molecule has 0 spiro atoms. The normalized spacial score (nSPS) is 29.0. The first-order valence-corrected chi connectivity index (χ1v) is 7.95. The maximum Gasteiger partial charge on any atom is 0.271 e. The lowest BCUT2D eigenvalue weighted by Gasteiger charge is -2.21. The number of nitrogens with one attached hydrogen (secondary N) is 1. The van der Waals surface area contributed by atoms with E-state index in [4.69, 9.17) is 9.47 Å². The molecular formula is C17H20N2O3. The molecule has 2 fully saturated rings. The van der Waals surface area contributed by atoms with Crippen LogP contribution in [-0.4, -0.2) is 18.4 Å². The maximum absolute atomic E-state index is 12.2. The number of ether oxygens (including phenoxy) is 2. The lowest BCUT2D eigenvalue weighted by atomic mass is 9.86. The summed E-state index contributed by atoms with van der Waals surface area (Å²) in [6.45, 7) is 2.24. The van der Waals surface area contributed by atoms with Crippen LogP contribution in [0.1, 0.15) is 43.0 Å². The fourth-order valence-electron chi connectivity index (χ4n) is 4.08. The van der Waals surface area contributed by atoms with Crippen molar-refractivity contribution in [2.24, 2.45) is 22.9 Å². The number of carbonyl (C=O) groups excluding carboxylic acids is 1. The first-order chi connectivity index (χ1) is 10.7. The molecule has 0 unspecified atom stereocenters. The summed E-state index contributed by atoms with van der Waals surface area (Å²) in [5.41, 5.74) is 4.27. The van der Waals surface area contributed by atoms with Gasteiger partial charge in [0.25, 0.3) is 5.91 Å². The Hall–Kier alpha value is -2.04.